The van der Waals surface area contributed by atoms with E-state index in [9.17, 15) is 9.59 Å². The van der Waals surface area contributed by atoms with Crippen LogP contribution in [0.5, 0.6) is 0 Å². The second-order valence-corrected chi connectivity index (χ2v) is 6.70. The third-order valence-electron chi connectivity index (χ3n) is 4.39. The Bertz CT molecular complexity index is 783. The summed E-state index contributed by atoms with van der Waals surface area (Å²) in [6, 6.07) is 8.56. The number of benzene rings is 1. The van der Waals surface area contributed by atoms with E-state index in [1.54, 1.807) is 43.3 Å². The van der Waals surface area contributed by atoms with Gasteiger partial charge < -0.3 is 20.3 Å². The molecule has 27 heavy (non-hydrogen) atoms. The fourth-order valence-corrected chi connectivity index (χ4v) is 2.67. The predicted molar refractivity (Wildman–Crippen MR) is 102 cm³/mol. The highest BCUT2D eigenvalue weighted by Gasteiger charge is 2.26. The Kier molecular flexibility index (Phi) is 6.08. The van der Waals surface area contributed by atoms with Gasteiger partial charge in [-0.2, -0.15) is 5.10 Å². The van der Waals surface area contributed by atoms with E-state index < -0.39 is 0 Å². The summed E-state index contributed by atoms with van der Waals surface area (Å²) in [7, 11) is 3.31. The summed E-state index contributed by atoms with van der Waals surface area (Å²) in [5.74, 6) is 0.409. The lowest BCUT2D eigenvalue weighted by Crippen LogP contribution is -2.31. The summed E-state index contributed by atoms with van der Waals surface area (Å²) >= 11 is 0. The smallest absolute Gasteiger partial charge is 0.321 e. The number of carbonyl (C=O) groups is 2. The lowest BCUT2D eigenvalue weighted by atomic mass is 10.2. The second-order valence-electron chi connectivity index (χ2n) is 6.70. The zero-order valence-electron chi connectivity index (χ0n) is 15.6. The maximum absolute atomic E-state index is 12.4. The van der Waals surface area contributed by atoms with Crippen LogP contribution in [0.4, 0.5) is 10.5 Å². The topological polar surface area (TPSA) is 99.3 Å². The number of ether oxygens (including phenoxy) is 1. The first kappa shape index (κ1) is 18.9. The van der Waals surface area contributed by atoms with Gasteiger partial charge in [-0.3, -0.25) is 9.89 Å². The maximum Gasteiger partial charge on any atom is 0.321 e. The lowest BCUT2D eigenvalue weighted by molar-refractivity contribution is 0.0937. The van der Waals surface area contributed by atoms with Gasteiger partial charge in [0.15, 0.2) is 0 Å². The largest absolute Gasteiger partial charge is 0.383 e. The molecule has 3 amide bonds. The average molecular weight is 371 g/mol. The van der Waals surface area contributed by atoms with E-state index in [1.807, 2.05) is 6.07 Å². The van der Waals surface area contributed by atoms with Gasteiger partial charge in [-0.15, -0.1) is 0 Å². The molecule has 0 bridgehead atoms. The maximum atomic E-state index is 12.4. The van der Waals surface area contributed by atoms with Gasteiger partial charge in [-0.1, -0.05) is 0 Å². The van der Waals surface area contributed by atoms with Gasteiger partial charge in [0, 0.05) is 37.9 Å². The molecule has 2 aromatic rings. The van der Waals surface area contributed by atoms with E-state index in [0.29, 0.717) is 36.9 Å². The summed E-state index contributed by atoms with van der Waals surface area (Å²) < 4.78 is 4.90. The van der Waals surface area contributed by atoms with Crippen LogP contribution in [0, 0.1) is 0 Å². The van der Waals surface area contributed by atoms with E-state index in [-0.39, 0.29) is 11.9 Å². The zero-order chi connectivity index (χ0) is 19.2. The number of nitrogens with one attached hydrogen (secondary N) is 3. The van der Waals surface area contributed by atoms with Crippen molar-refractivity contribution < 1.29 is 14.3 Å². The third-order valence-corrected chi connectivity index (χ3v) is 4.39. The fourth-order valence-electron chi connectivity index (χ4n) is 2.67. The standard InChI is InChI=1S/C19H25N5O3/c1-24(12-16-11-17(23-22-16)13-3-4-13)19(26)21-15-7-5-14(6-8-15)18(25)20-9-10-27-2/h5-8,11,13H,3-4,9-10,12H2,1-2H3,(H,20,25)(H,21,26)(H,22,23). The number of carbonyl (C=O) groups excluding carboxylic acids is 2. The molecule has 1 aromatic heterocycles. The van der Waals surface area contributed by atoms with Crippen molar-refractivity contribution in [1.29, 1.82) is 0 Å². The molecule has 8 heteroatoms. The van der Waals surface area contributed by atoms with Crippen molar-refractivity contribution in [3.8, 4) is 0 Å². The minimum atomic E-state index is -0.227. The number of aromatic amines is 1. The van der Waals surface area contributed by atoms with E-state index in [2.05, 4.69) is 20.8 Å². The summed E-state index contributed by atoms with van der Waals surface area (Å²) in [5, 5.41) is 12.9. The summed E-state index contributed by atoms with van der Waals surface area (Å²) in [4.78, 5) is 25.9. The van der Waals surface area contributed by atoms with E-state index in [0.717, 1.165) is 11.4 Å². The Morgan fingerprint density at radius 3 is 2.70 bits per heavy atom. The molecule has 1 fully saturated rings. The van der Waals surface area contributed by atoms with Crippen LogP contribution in [-0.4, -0.2) is 54.3 Å². The summed E-state index contributed by atoms with van der Waals surface area (Å²) in [6.07, 6.45) is 2.39. The first-order chi connectivity index (χ1) is 13.1. The van der Waals surface area contributed by atoms with Crippen LogP contribution in [0.1, 0.15) is 40.5 Å². The molecule has 0 radical (unpaired) electrons. The van der Waals surface area contributed by atoms with Crippen LogP contribution in [0.2, 0.25) is 0 Å². The number of methoxy groups -OCH3 is 1. The highest BCUT2D eigenvalue weighted by Crippen LogP contribution is 2.39. The number of anilines is 1. The van der Waals surface area contributed by atoms with Crippen molar-refractivity contribution in [3.63, 3.8) is 0 Å². The van der Waals surface area contributed by atoms with Gasteiger partial charge in [0.2, 0.25) is 0 Å². The van der Waals surface area contributed by atoms with Crippen LogP contribution in [0.25, 0.3) is 0 Å². The Labute approximate surface area is 158 Å². The summed E-state index contributed by atoms with van der Waals surface area (Å²) in [5.41, 5.74) is 3.15. The monoisotopic (exact) mass is 371 g/mol. The highest BCUT2D eigenvalue weighted by molar-refractivity contribution is 5.95. The third kappa shape index (κ3) is 5.30. The number of nitrogens with zero attached hydrogens (tertiary/aromatic N) is 2. The molecular weight excluding hydrogens is 346 g/mol. The van der Waals surface area contributed by atoms with Crippen LogP contribution >= 0.6 is 0 Å². The van der Waals surface area contributed by atoms with E-state index >= 15 is 0 Å². The minimum absolute atomic E-state index is 0.173. The van der Waals surface area contributed by atoms with E-state index in [4.69, 9.17) is 4.74 Å². The van der Waals surface area contributed by atoms with Gasteiger partial charge in [-0.25, -0.2) is 4.79 Å². The molecule has 0 aliphatic heterocycles. The molecule has 1 aliphatic rings. The van der Waals surface area contributed by atoms with Crippen molar-refractivity contribution in [1.82, 2.24) is 20.4 Å². The molecule has 3 rings (SSSR count). The first-order valence-electron chi connectivity index (χ1n) is 9.00. The number of amides is 3. The minimum Gasteiger partial charge on any atom is -0.383 e. The van der Waals surface area contributed by atoms with Gasteiger partial charge in [-0.05, 0) is 43.2 Å². The number of aromatic nitrogens is 2. The van der Waals surface area contributed by atoms with Gasteiger partial charge in [0.25, 0.3) is 5.91 Å². The van der Waals surface area contributed by atoms with Crippen LogP contribution < -0.4 is 10.6 Å². The van der Waals surface area contributed by atoms with Gasteiger partial charge >= 0.3 is 6.03 Å². The Morgan fingerprint density at radius 1 is 1.30 bits per heavy atom. The number of hydrogen-bond acceptors (Lipinski definition) is 4. The van der Waals surface area contributed by atoms with Crippen LogP contribution in [0.3, 0.4) is 0 Å². The predicted octanol–water partition coefficient (Wildman–Crippen LogP) is 2.33. The second kappa shape index (κ2) is 8.68. The van der Waals surface area contributed by atoms with Gasteiger partial charge in [0.1, 0.15) is 0 Å². The van der Waals surface area contributed by atoms with Crippen molar-refractivity contribution in [3.05, 3.63) is 47.3 Å². The molecule has 1 aromatic carbocycles. The summed E-state index contributed by atoms with van der Waals surface area (Å²) in [6.45, 7) is 1.37. The molecule has 1 aliphatic carbocycles. The van der Waals surface area contributed by atoms with Gasteiger partial charge in [0.05, 0.1) is 24.5 Å². The molecule has 1 heterocycles. The molecule has 8 nitrogen and oxygen atoms in total. The molecular formula is C19H25N5O3. The van der Waals surface area contributed by atoms with Crippen molar-refractivity contribution in [2.75, 3.05) is 32.6 Å². The molecule has 144 valence electrons. The first-order valence-corrected chi connectivity index (χ1v) is 9.00. The van der Waals surface area contributed by atoms with Crippen molar-refractivity contribution in [2.24, 2.45) is 0 Å². The van der Waals surface area contributed by atoms with Crippen LogP contribution in [0.15, 0.2) is 30.3 Å². The molecule has 3 N–H and O–H groups in total. The Hall–Kier alpha value is -2.87. The number of hydrogen-bond donors (Lipinski definition) is 3. The molecule has 0 unspecified atom stereocenters. The SMILES string of the molecule is COCCNC(=O)c1ccc(NC(=O)N(C)Cc2cc(C3CC3)n[nH]2)cc1. The molecule has 0 spiro atoms. The van der Waals surface area contributed by atoms with Crippen LogP contribution in [-0.2, 0) is 11.3 Å². The normalized spacial score (nSPS) is 13.3. The van der Waals surface area contributed by atoms with Crippen molar-refractivity contribution >= 4 is 17.6 Å². The van der Waals surface area contributed by atoms with Crippen molar-refractivity contribution in [2.45, 2.75) is 25.3 Å². The Balaban J connectivity index is 1.49. The number of H-pyrrole nitrogens is 1. The average Bonchev–Trinajstić information content (AvgIpc) is 3.42. The van der Waals surface area contributed by atoms with E-state index in [1.165, 1.54) is 12.8 Å². The zero-order valence-corrected chi connectivity index (χ0v) is 15.6. The molecule has 0 atom stereocenters. The molecule has 1 saturated carbocycles. The number of rotatable bonds is 8. The fraction of sp³-hybridized carbons (Fsp3) is 0.421. The highest BCUT2D eigenvalue weighted by atomic mass is 16.5. The Morgan fingerprint density at radius 2 is 2.04 bits per heavy atom. The number of urea groups is 1. The lowest BCUT2D eigenvalue weighted by Gasteiger charge is -2.17. The quantitative estimate of drug-likeness (QED) is 0.620. The molecule has 0 saturated heterocycles.